The van der Waals surface area contributed by atoms with Gasteiger partial charge in [0.25, 0.3) is 0 Å². The lowest BCUT2D eigenvalue weighted by atomic mass is 10.0. The summed E-state index contributed by atoms with van der Waals surface area (Å²) in [5, 5.41) is 5.23. The van der Waals surface area contributed by atoms with E-state index in [1.165, 1.54) is 81.4 Å². The Balaban J connectivity index is 1.71. The van der Waals surface area contributed by atoms with Gasteiger partial charge in [0.1, 0.15) is 0 Å². The average Bonchev–Trinajstić information content (AvgIpc) is 2.91. The lowest BCUT2D eigenvalue weighted by Gasteiger charge is -2.08. The molecule has 0 spiro atoms. The van der Waals surface area contributed by atoms with Crippen molar-refractivity contribution in [1.82, 2.24) is 0 Å². The Bertz CT molecular complexity index is 1790. The third-order valence-electron chi connectivity index (χ3n) is 7.51. The zero-order valence-corrected chi connectivity index (χ0v) is 23.8. The zero-order valence-electron chi connectivity index (χ0n) is 20.6. The topological polar surface area (TPSA) is 0 Å². The van der Waals surface area contributed by atoms with Gasteiger partial charge in [-0.05, 0) is 120 Å². The highest BCUT2D eigenvalue weighted by Gasteiger charge is 2.07. The van der Waals surface area contributed by atoms with Gasteiger partial charge in [0.05, 0.1) is 0 Å². The molecule has 4 aromatic carbocycles. The maximum Gasteiger partial charge on any atom is 0.0455 e. The molecule has 0 fully saturated rings. The van der Waals surface area contributed by atoms with Crippen molar-refractivity contribution in [3.05, 3.63) is 95.1 Å². The Morgan fingerprint density at radius 1 is 0.306 bits per heavy atom. The van der Waals surface area contributed by atoms with Gasteiger partial charge < -0.3 is 0 Å². The largest absolute Gasteiger partial charge is 0.133 e. The summed E-state index contributed by atoms with van der Waals surface area (Å²) >= 11 is 7.60. The minimum absolute atomic E-state index is 1.31. The number of hydrogen-bond donors (Lipinski definition) is 0. The first kappa shape index (κ1) is 22.4. The smallest absolute Gasteiger partial charge is 0.0455 e. The molecule has 176 valence electrons. The summed E-state index contributed by atoms with van der Waals surface area (Å²) < 4.78 is 10.8. The summed E-state index contributed by atoms with van der Waals surface area (Å²) in [5.74, 6) is 0. The molecule has 36 heavy (non-hydrogen) atoms. The third-order valence-corrected chi connectivity index (χ3v) is 12.6. The van der Waals surface area contributed by atoms with Crippen LogP contribution in [0.5, 0.6) is 0 Å². The normalized spacial score (nSPS) is 11.9. The highest BCUT2D eigenvalue weighted by atomic mass is 32.1. The third kappa shape index (κ3) is 3.59. The van der Waals surface area contributed by atoms with Crippen LogP contribution in [0.3, 0.4) is 0 Å². The van der Waals surface area contributed by atoms with Gasteiger partial charge in [-0.25, -0.2) is 0 Å². The molecular weight excluding hydrogens is 513 g/mol. The van der Waals surface area contributed by atoms with E-state index in [2.05, 4.69) is 100 Å². The fraction of sp³-hybridized carbons (Fsp3) is 0.125. The molecule has 0 N–H and O–H groups in total. The van der Waals surface area contributed by atoms with Crippen molar-refractivity contribution in [3.8, 4) is 0 Å². The molecule has 0 aliphatic rings. The summed E-state index contributed by atoms with van der Waals surface area (Å²) in [6.07, 6.45) is 0. The molecule has 0 aliphatic heterocycles. The van der Waals surface area contributed by atoms with Crippen molar-refractivity contribution < 1.29 is 0 Å². The molecule has 4 heteroatoms. The van der Waals surface area contributed by atoms with E-state index in [-0.39, 0.29) is 0 Å². The molecule has 18 rings (SSSR count). The quantitative estimate of drug-likeness (QED) is 0.169. The van der Waals surface area contributed by atoms with Crippen LogP contribution in [0, 0.1) is 27.7 Å². The summed E-state index contributed by atoms with van der Waals surface area (Å²) in [7, 11) is 0. The molecule has 18 aromatic rings. The molecule has 0 amide bonds. The van der Waals surface area contributed by atoms with Gasteiger partial charge in [-0.15, -0.1) is 45.3 Å². The molecule has 0 nitrogen and oxygen atoms in total. The molecule has 0 unspecified atom stereocenters. The van der Waals surface area contributed by atoms with Gasteiger partial charge in [-0.2, -0.15) is 0 Å². The van der Waals surface area contributed by atoms with E-state index >= 15 is 0 Å². The maximum atomic E-state index is 2.38. The van der Waals surface area contributed by atoms with Crippen molar-refractivity contribution >= 4 is 104 Å². The Hall–Kier alpha value is -2.76. The fourth-order valence-electron chi connectivity index (χ4n) is 4.96. The first-order valence-corrected chi connectivity index (χ1v) is 15.4. The Morgan fingerprint density at radius 2 is 0.528 bits per heavy atom. The van der Waals surface area contributed by atoms with Crippen molar-refractivity contribution in [2.45, 2.75) is 27.7 Å². The fourth-order valence-corrected chi connectivity index (χ4v) is 9.51. The van der Waals surface area contributed by atoms with E-state index in [0.29, 0.717) is 0 Å². The molecule has 14 heterocycles. The first-order valence-electron chi connectivity index (χ1n) is 12.1. The van der Waals surface area contributed by atoms with Crippen LogP contribution in [-0.2, 0) is 0 Å². The molecule has 0 aliphatic carbocycles. The predicted molar refractivity (Wildman–Crippen MR) is 168 cm³/mol. The van der Waals surface area contributed by atoms with E-state index in [0.717, 1.165) is 0 Å². The van der Waals surface area contributed by atoms with E-state index < -0.39 is 0 Å². The SMILES string of the molecule is Cc1c(C)c2ccc3sc4cc(ccc4sc3c2)c(C)c(C)c2ccc3sc4cc1ccc4sc3c2. The lowest BCUT2D eigenvalue weighted by Crippen LogP contribution is -1.83. The standard InChI is InChI=1S/C32H24S4/c1-17-18(2)22-6-10-26-30(14-22)35-28-12-8-24(16-32(28)36-26)20(4)19(3)23-7-11-27-31(15-23)34-25-9-5-21(17)13-29(25)33-27/h5-16H,1-4H3. The minimum atomic E-state index is 1.31. The van der Waals surface area contributed by atoms with E-state index in [1.807, 2.05) is 45.3 Å². The van der Waals surface area contributed by atoms with Crippen LogP contribution in [-0.4, -0.2) is 0 Å². The van der Waals surface area contributed by atoms with Crippen LogP contribution < -0.4 is 0 Å². The van der Waals surface area contributed by atoms with Crippen molar-refractivity contribution in [1.29, 1.82) is 0 Å². The van der Waals surface area contributed by atoms with Crippen LogP contribution in [0.4, 0.5) is 0 Å². The Kier molecular flexibility index (Phi) is 5.23. The summed E-state index contributed by atoms with van der Waals surface area (Å²) in [6.45, 7) is 9.05. The van der Waals surface area contributed by atoms with Crippen molar-refractivity contribution in [3.63, 3.8) is 0 Å². The molecule has 12 bridgehead atoms. The van der Waals surface area contributed by atoms with Crippen LogP contribution in [0.15, 0.2) is 72.8 Å². The highest BCUT2D eigenvalue weighted by Crippen LogP contribution is 2.38. The second-order valence-electron chi connectivity index (χ2n) is 9.55. The van der Waals surface area contributed by atoms with E-state index in [4.69, 9.17) is 0 Å². The predicted octanol–water partition coefficient (Wildman–Crippen LogP) is 11.8. The molecule has 0 radical (unpaired) electrons. The molecule has 0 saturated heterocycles. The van der Waals surface area contributed by atoms with Crippen LogP contribution in [0.2, 0.25) is 0 Å². The van der Waals surface area contributed by atoms with Gasteiger partial charge in [0.15, 0.2) is 0 Å². The highest BCUT2D eigenvalue weighted by molar-refractivity contribution is 7.36. The van der Waals surface area contributed by atoms with Gasteiger partial charge in [-0.3, -0.25) is 0 Å². The molecular formula is C32H24S4. The van der Waals surface area contributed by atoms with E-state index in [9.17, 15) is 0 Å². The second kappa shape index (κ2) is 8.39. The minimum Gasteiger partial charge on any atom is -0.133 e. The second-order valence-corrected chi connectivity index (χ2v) is 13.9. The van der Waals surface area contributed by atoms with Gasteiger partial charge in [0, 0.05) is 37.6 Å². The number of aryl methyl sites for hydroxylation is 4. The maximum absolute atomic E-state index is 2.38. The van der Waals surface area contributed by atoms with Crippen LogP contribution in [0.1, 0.15) is 22.3 Å². The molecule has 14 aromatic heterocycles. The first-order chi connectivity index (χ1) is 17.4. The van der Waals surface area contributed by atoms with Gasteiger partial charge >= 0.3 is 0 Å². The summed E-state index contributed by atoms with van der Waals surface area (Å²) in [6, 6.07) is 27.9. The summed E-state index contributed by atoms with van der Waals surface area (Å²) in [4.78, 5) is 0. The lowest BCUT2D eigenvalue weighted by molar-refractivity contribution is 1.42. The number of benzene rings is 4. The Labute approximate surface area is 226 Å². The van der Waals surface area contributed by atoms with Crippen LogP contribution >= 0.6 is 45.3 Å². The van der Waals surface area contributed by atoms with Crippen molar-refractivity contribution in [2.24, 2.45) is 0 Å². The monoisotopic (exact) mass is 536 g/mol. The molecule has 0 saturated carbocycles. The number of rotatable bonds is 0. The molecule has 0 atom stereocenters. The van der Waals surface area contributed by atoms with Gasteiger partial charge in [0.2, 0.25) is 0 Å². The van der Waals surface area contributed by atoms with Gasteiger partial charge in [-0.1, -0.05) is 24.3 Å². The summed E-state index contributed by atoms with van der Waals surface area (Å²) in [5.41, 5.74) is 5.37. The Morgan fingerprint density at radius 3 is 0.750 bits per heavy atom. The average molecular weight is 537 g/mol. The number of hydrogen-bond acceptors (Lipinski definition) is 4. The van der Waals surface area contributed by atoms with Crippen molar-refractivity contribution in [2.75, 3.05) is 0 Å². The zero-order chi connectivity index (χ0) is 24.6. The van der Waals surface area contributed by atoms with E-state index in [1.54, 1.807) is 0 Å². The van der Waals surface area contributed by atoms with Crippen LogP contribution in [0.25, 0.3) is 59.1 Å².